The van der Waals surface area contributed by atoms with Crippen molar-refractivity contribution in [2.75, 3.05) is 0 Å². The highest BCUT2D eigenvalue weighted by Crippen LogP contribution is 2.32. The fourth-order valence-electron chi connectivity index (χ4n) is 2.77. The quantitative estimate of drug-likeness (QED) is 0.748. The molecule has 2 atom stereocenters. The third kappa shape index (κ3) is 1.90. The summed E-state index contributed by atoms with van der Waals surface area (Å²) in [5.74, 6) is 0. The maximum absolute atomic E-state index is 9.76. The second-order valence-corrected chi connectivity index (χ2v) is 5.46. The minimum Gasteiger partial charge on any atom is -0.389 e. The van der Waals surface area contributed by atoms with Gasteiger partial charge in [0, 0.05) is 28.9 Å². The van der Waals surface area contributed by atoms with Gasteiger partial charge < -0.3 is 14.8 Å². The van der Waals surface area contributed by atoms with Crippen LogP contribution in [0.3, 0.4) is 0 Å². The number of rotatable bonds is 2. The van der Waals surface area contributed by atoms with Crippen molar-refractivity contribution in [1.82, 2.24) is 4.57 Å². The predicted molar refractivity (Wildman–Crippen MR) is 81.7 cm³/mol. The second kappa shape index (κ2) is 4.62. The number of hydrogen-bond acceptors (Lipinski definition) is 2. The summed E-state index contributed by atoms with van der Waals surface area (Å²) in [6, 6.07) is 12.1. The zero-order valence-corrected chi connectivity index (χ0v) is 12.0. The summed E-state index contributed by atoms with van der Waals surface area (Å²) in [6.07, 6.45) is -0.954. The lowest BCUT2D eigenvalue weighted by Crippen LogP contribution is -1.91. The molecule has 104 valence electrons. The second-order valence-electron chi connectivity index (χ2n) is 5.46. The Morgan fingerprint density at radius 1 is 0.800 bits per heavy atom. The molecule has 0 radical (unpaired) electrons. The van der Waals surface area contributed by atoms with Gasteiger partial charge in [-0.25, -0.2) is 0 Å². The van der Waals surface area contributed by atoms with Gasteiger partial charge in [0.2, 0.25) is 0 Å². The van der Waals surface area contributed by atoms with E-state index in [1.165, 1.54) is 0 Å². The molecule has 1 heterocycles. The van der Waals surface area contributed by atoms with E-state index in [4.69, 9.17) is 0 Å². The molecule has 0 bridgehead atoms. The number of hydrogen-bond donors (Lipinski definition) is 2. The molecule has 2 aromatic carbocycles. The maximum atomic E-state index is 9.76. The summed E-state index contributed by atoms with van der Waals surface area (Å²) in [5, 5.41) is 21.7. The number of aliphatic hydroxyl groups is 2. The van der Waals surface area contributed by atoms with Crippen molar-refractivity contribution in [2.45, 2.75) is 26.1 Å². The Balaban J connectivity index is 2.38. The van der Waals surface area contributed by atoms with E-state index in [0.29, 0.717) is 0 Å². The lowest BCUT2D eigenvalue weighted by atomic mass is 10.0. The van der Waals surface area contributed by atoms with Gasteiger partial charge in [0.15, 0.2) is 0 Å². The van der Waals surface area contributed by atoms with Crippen LogP contribution in [0.25, 0.3) is 21.8 Å². The molecule has 3 rings (SSSR count). The van der Waals surface area contributed by atoms with Crippen LogP contribution in [-0.4, -0.2) is 14.8 Å². The van der Waals surface area contributed by atoms with Crippen LogP contribution in [0.4, 0.5) is 0 Å². The Labute approximate surface area is 118 Å². The molecule has 3 aromatic rings. The predicted octanol–water partition coefficient (Wildman–Crippen LogP) is 3.44. The molecule has 0 aliphatic heterocycles. The van der Waals surface area contributed by atoms with Gasteiger partial charge in [-0.1, -0.05) is 12.1 Å². The molecular formula is C17H19NO2. The van der Waals surface area contributed by atoms with Gasteiger partial charge in [-0.2, -0.15) is 0 Å². The molecule has 0 spiro atoms. The summed E-state index contributed by atoms with van der Waals surface area (Å²) < 4.78 is 2.14. The number of fused-ring (bicyclic) bond motifs is 3. The normalized spacial score (nSPS) is 14.8. The molecule has 1 aromatic heterocycles. The summed E-state index contributed by atoms with van der Waals surface area (Å²) in [6.45, 7) is 3.54. The van der Waals surface area contributed by atoms with Gasteiger partial charge in [0.25, 0.3) is 0 Å². The summed E-state index contributed by atoms with van der Waals surface area (Å²) in [4.78, 5) is 0. The van der Waals surface area contributed by atoms with Crippen LogP contribution in [0.5, 0.6) is 0 Å². The van der Waals surface area contributed by atoms with Crippen molar-refractivity contribution in [3.8, 4) is 0 Å². The molecule has 0 fully saturated rings. The van der Waals surface area contributed by atoms with Gasteiger partial charge in [0.1, 0.15) is 0 Å². The summed E-state index contributed by atoms with van der Waals surface area (Å²) in [7, 11) is 2.04. The molecule has 0 saturated carbocycles. The van der Waals surface area contributed by atoms with E-state index in [2.05, 4.69) is 4.57 Å². The van der Waals surface area contributed by atoms with Crippen LogP contribution >= 0.6 is 0 Å². The fraction of sp³-hybridized carbons (Fsp3) is 0.294. The molecule has 0 unspecified atom stereocenters. The largest absolute Gasteiger partial charge is 0.389 e. The Morgan fingerprint density at radius 2 is 1.20 bits per heavy atom. The van der Waals surface area contributed by atoms with Crippen LogP contribution in [0, 0.1) is 0 Å². The first kappa shape index (κ1) is 13.2. The molecule has 0 aliphatic carbocycles. The third-order valence-electron chi connectivity index (χ3n) is 4.02. The lowest BCUT2D eigenvalue weighted by Gasteiger charge is -2.05. The molecule has 3 heteroatoms. The van der Waals surface area contributed by atoms with E-state index >= 15 is 0 Å². The smallest absolute Gasteiger partial charge is 0.0762 e. The van der Waals surface area contributed by atoms with E-state index in [0.717, 1.165) is 32.9 Å². The van der Waals surface area contributed by atoms with Gasteiger partial charge in [0.05, 0.1) is 12.2 Å². The highest BCUT2D eigenvalue weighted by molar-refractivity contribution is 6.08. The van der Waals surface area contributed by atoms with Crippen molar-refractivity contribution in [3.63, 3.8) is 0 Å². The van der Waals surface area contributed by atoms with Crippen molar-refractivity contribution in [2.24, 2.45) is 7.05 Å². The molecule has 0 amide bonds. The Morgan fingerprint density at radius 3 is 1.55 bits per heavy atom. The minimum absolute atomic E-state index is 0.477. The van der Waals surface area contributed by atoms with E-state index in [1.807, 2.05) is 43.4 Å². The molecule has 0 saturated heterocycles. The van der Waals surface area contributed by atoms with E-state index in [9.17, 15) is 10.2 Å². The van der Waals surface area contributed by atoms with E-state index in [-0.39, 0.29) is 0 Å². The van der Waals surface area contributed by atoms with Crippen LogP contribution in [0.1, 0.15) is 37.2 Å². The zero-order valence-electron chi connectivity index (χ0n) is 12.0. The van der Waals surface area contributed by atoms with Crippen molar-refractivity contribution in [3.05, 3.63) is 47.5 Å². The number of aromatic nitrogens is 1. The van der Waals surface area contributed by atoms with Gasteiger partial charge in [-0.15, -0.1) is 0 Å². The van der Waals surface area contributed by atoms with E-state index in [1.54, 1.807) is 13.8 Å². The minimum atomic E-state index is -0.477. The molecule has 20 heavy (non-hydrogen) atoms. The average molecular weight is 269 g/mol. The number of aryl methyl sites for hydroxylation is 1. The first-order chi connectivity index (χ1) is 9.49. The van der Waals surface area contributed by atoms with E-state index < -0.39 is 12.2 Å². The lowest BCUT2D eigenvalue weighted by molar-refractivity contribution is 0.199. The van der Waals surface area contributed by atoms with Crippen LogP contribution < -0.4 is 0 Å². The Kier molecular flexibility index (Phi) is 3.04. The number of nitrogens with zero attached hydrogens (tertiary/aromatic N) is 1. The number of aliphatic hydroxyl groups excluding tert-OH is 2. The summed E-state index contributed by atoms with van der Waals surface area (Å²) >= 11 is 0. The SMILES string of the molecule is C[C@@H](O)c1ccc2c(c1)c1cc([C@@H](C)O)ccc1n2C. The fourth-order valence-corrected chi connectivity index (χ4v) is 2.77. The first-order valence-corrected chi connectivity index (χ1v) is 6.87. The summed E-state index contributed by atoms with van der Waals surface area (Å²) in [5.41, 5.74) is 4.08. The van der Waals surface area contributed by atoms with Crippen molar-refractivity contribution >= 4 is 21.8 Å². The molecule has 3 nitrogen and oxygen atoms in total. The standard InChI is InChI=1S/C17H19NO2/c1-10(19)12-4-6-16-14(8-12)15-9-13(11(2)20)5-7-17(15)18(16)3/h4-11,19-20H,1-3H3/t10-,11-/m1/s1. The highest BCUT2D eigenvalue weighted by Gasteiger charge is 2.12. The Hall–Kier alpha value is -1.84. The number of benzene rings is 2. The van der Waals surface area contributed by atoms with Gasteiger partial charge >= 0.3 is 0 Å². The van der Waals surface area contributed by atoms with Crippen molar-refractivity contribution < 1.29 is 10.2 Å². The van der Waals surface area contributed by atoms with Gasteiger partial charge in [-0.05, 0) is 49.2 Å². The van der Waals surface area contributed by atoms with Crippen LogP contribution in [0.2, 0.25) is 0 Å². The molecule has 0 aliphatic rings. The molecule has 2 N–H and O–H groups in total. The monoisotopic (exact) mass is 269 g/mol. The van der Waals surface area contributed by atoms with Crippen molar-refractivity contribution in [1.29, 1.82) is 0 Å². The van der Waals surface area contributed by atoms with Gasteiger partial charge in [-0.3, -0.25) is 0 Å². The maximum Gasteiger partial charge on any atom is 0.0762 e. The third-order valence-corrected chi connectivity index (χ3v) is 4.02. The highest BCUT2D eigenvalue weighted by atomic mass is 16.3. The average Bonchev–Trinajstić information content (AvgIpc) is 2.71. The topological polar surface area (TPSA) is 45.4 Å². The first-order valence-electron chi connectivity index (χ1n) is 6.87. The molecular weight excluding hydrogens is 250 g/mol. The zero-order chi connectivity index (χ0) is 14.4. The van der Waals surface area contributed by atoms with Crippen LogP contribution in [-0.2, 0) is 7.05 Å². The van der Waals surface area contributed by atoms with Crippen LogP contribution in [0.15, 0.2) is 36.4 Å². The Bertz CT molecular complexity index is 719.